The predicted octanol–water partition coefficient (Wildman–Crippen LogP) is 4.00. The molecule has 0 atom stereocenters. The number of amides is 2. The Labute approximate surface area is 189 Å². The summed E-state index contributed by atoms with van der Waals surface area (Å²) in [4.78, 5) is 36.5. The van der Waals surface area contributed by atoms with Crippen molar-refractivity contribution in [1.82, 2.24) is 0 Å². The van der Waals surface area contributed by atoms with Gasteiger partial charge in [-0.1, -0.05) is 12.1 Å². The zero-order valence-electron chi connectivity index (χ0n) is 17.9. The second kappa shape index (κ2) is 8.88. The minimum atomic E-state index is -0.306. The highest BCUT2D eigenvalue weighted by molar-refractivity contribution is 6.32. The third-order valence-corrected chi connectivity index (χ3v) is 5.09. The van der Waals surface area contributed by atoms with Gasteiger partial charge in [-0.05, 0) is 42.5 Å². The van der Waals surface area contributed by atoms with E-state index in [-0.39, 0.29) is 23.3 Å². The molecule has 1 aliphatic rings. The lowest BCUT2D eigenvalue weighted by molar-refractivity contribution is -0.114. The smallest absolute Gasteiger partial charge is 0.257 e. The molecule has 3 aromatic carbocycles. The van der Waals surface area contributed by atoms with Crippen LogP contribution in [0.5, 0.6) is 11.5 Å². The van der Waals surface area contributed by atoms with Crippen LogP contribution in [-0.2, 0) is 9.59 Å². The van der Waals surface area contributed by atoms with Gasteiger partial charge in [0.15, 0.2) is 17.3 Å². The lowest BCUT2D eigenvalue weighted by Gasteiger charge is -2.07. The van der Waals surface area contributed by atoms with Crippen LogP contribution < -0.4 is 20.7 Å². The quantitative estimate of drug-likeness (QED) is 0.338. The summed E-state index contributed by atoms with van der Waals surface area (Å²) in [6, 6.07) is 16.4. The van der Waals surface area contributed by atoms with Gasteiger partial charge in [0.25, 0.3) is 5.91 Å². The van der Waals surface area contributed by atoms with Crippen molar-refractivity contribution in [1.29, 1.82) is 0 Å². The molecule has 0 bridgehead atoms. The highest BCUT2D eigenvalue weighted by Crippen LogP contribution is 2.34. The number of rotatable bonds is 6. The van der Waals surface area contributed by atoms with Gasteiger partial charge in [-0.15, -0.1) is 0 Å². The fraction of sp³-hybridized carbons (Fsp3) is 0.0800. The van der Waals surface area contributed by atoms with E-state index in [1.165, 1.54) is 20.1 Å². The maximum Gasteiger partial charge on any atom is 0.257 e. The van der Waals surface area contributed by atoms with Gasteiger partial charge in [-0.2, -0.15) is 0 Å². The zero-order valence-corrected chi connectivity index (χ0v) is 17.9. The van der Waals surface area contributed by atoms with Crippen molar-refractivity contribution >= 4 is 40.2 Å². The topological polar surface area (TPSA) is 117 Å². The molecule has 2 amide bonds. The van der Waals surface area contributed by atoms with Crippen LogP contribution in [0.4, 0.5) is 17.1 Å². The molecular formula is C25H21N3O5. The van der Waals surface area contributed by atoms with Gasteiger partial charge in [0.05, 0.1) is 12.7 Å². The number of nitrogens with one attached hydrogen (secondary N) is 3. The largest absolute Gasteiger partial charge is 0.504 e. The molecule has 0 saturated carbocycles. The maximum absolute atomic E-state index is 12.9. The summed E-state index contributed by atoms with van der Waals surface area (Å²) < 4.78 is 5.02. The number of methoxy groups -OCH3 is 1. The van der Waals surface area contributed by atoms with Gasteiger partial charge in [-0.25, -0.2) is 0 Å². The van der Waals surface area contributed by atoms with Crippen LogP contribution in [0.25, 0.3) is 5.57 Å². The average Bonchev–Trinajstić information content (AvgIpc) is 3.11. The van der Waals surface area contributed by atoms with Crippen LogP contribution in [-0.4, -0.2) is 29.8 Å². The number of hydrogen-bond acceptors (Lipinski definition) is 6. The van der Waals surface area contributed by atoms with Crippen molar-refractivity contribution in [3.63, 3.8) is 0 Å². The van der Waals surface area contributed by atoms with Crippen LogP contribution in [0, 0.1) is 0 Å². The molecule has 0 fully saturated rings. The summed E-state index contributed by atoms with van der Waals surface area (Å²) in [6.45, 7) is 1.41. The summed E-state index contributed by atoms with van der Waals surface area (Å²) in [7, 11) is 1.46. The number of carbonyl (C=O) groups is 3. The standard InChI is InChI=1S/C25H21N3O5/c1-14(29)27-17-6-3-15(4-7-17)24(31)16-5-9-19-20(25(32)28-21(19)11-16)13-26-18-8-10-23(33-2)22(30)12-18/h3-13,26,30H,1-2H3,(H,27,29)(H,28,32)/b20-13+. The van der Waals surface area contributed by atoms with Crippen LogP contribution >= 0.6 is 0 Å². The number of aromatic hydroxyl groups is 1. The molecule has 0 aromatic heterocycles. The van der Waals surface area contributed by atoms with Crippen molar-refractivity contribution < 1.29 is 24.2 Å². The molecule has 0 radical (unpaired) electrons. The van der Waals surface area contributed by atoms with Crippen molar-refractivity contribution in [3.8, 4) is 11.5 Å². The number of ether oxygens (including phenoxy) is 1. The Morgan fingerprint density at radius 2 is 1.67 bits per heavy atom. The monoisotopic (exact) mass is 443 g/mol. The molecule has 166 valence electrons. The van der Waals surface area contributed by atoms with Crippen molar-refractivity contribution in [3.05, 3.63) is 83.6 Å². The highest BCUT2D eigenvalue weighted by Gasteiger charge is 2.25. The summed E-state index contributed by atoms with van der Waals surface area (Å²) in [5.41, 5.74) is 3.66. The number of carbonyl (C=O) groups excluding carboxylic acids is 3. The van der Waals surface area contributed by atoms with E-state index in [1.807, 2.05) is 0 Å². The molecule has 0 saturated heterocycles. The molecule has 4 rings (SSSR count). The Kier molecular flexibility index (Phi) is 5.82. The number of ketones is 1. The van der Waals surface area contributed by atoms with E-state index < -0.39 is 0 Å². The third kappa shape index (κ3) is 4.54. The predicted molar refractivity (Wildman–Crippen MR) is 126 cm³/mol. The van der Waals surface area contributed by atoms with E-state index >= 15 is 0 Å². The van der Waals surface area contributed by atoms with E-state index in [0.29, 0.717) is 45.1 Å². The fourth-order valence-electron chi connectivity index (χ4n) is 3.49. The van der Waals surface area contributed by atoms with Gasteiger partial charge in [0, 0.05) is 52.9 Å². The molecule has 8 nitrogen and oxygen atoms in total. The van der Waals surface area contributed by atoms with Crippen molar-refractivity contribution in [2.75, 3.05) is 23.1 Å². The van der Waals surface area contributed by atoms with E-state index in [9.17, 15) is 19.5 Å². The van der Waals surface area contributed by atoms with Crippen LogP contribution in [0.1, 0.15) is 28.4 Å². The first kappa shape index (κ1) is 21.6. The number of hydrogen-bond donors (Lipinski definition) is 4. The SMILES string of the molecule is COc1ccc(N/C=C2/C(=O)Nc3cc(C(=O)c4ccc(NC(C)=O)cc4)ccc32)cc1O. The van der Waals surface area contributed by atoms with E-state index in [2.05, 4.69) is 16.0 Å². The number of benzene rings is 3. The Balaban J connectivity index is 1.54. The molecule has 1 aliphatic heterocycles. The minimum Gasteiger partial charge on any atom is -0.504 e. The molecule has 33 heavy (non-hydrogen) atoms. The summed E-state index contributed by atoms with van der Waals surface area (Å²) in [5, 5.41) is 18.3. The van der Waals surface area contributed by atoms with Gasteiger partial charge >= 0.3 is 0 Å². The van der Waals surface area contributed by atoms with Crippen LogP contribution in [0.3, 0.4) is 0 Å². The molecular weight excluding hydrogens is 422 g/mol. The summed E-state index contributed by atoms with van der Waals surface area (Å²) in [5.74, 6) is -0.375. The third-order valence-electron chi connectivity index (χ3n) is 5.09. The lowest BCUT2D eigenvalue weighted by Crippen LogP contribution is -2.07. The summed E-state index contributed by atoms with van der Waals surface area (Å²) >= 11 is 0. The van der Waals surface area contributed by atoms with Crippen LogP contribution in [0.2, 0.25) is 0 Å². The highest BCUT2D eigenvalue weighted by atomic mass is 16.5. The first-order valence-electron chi connectivity index (χ1n) is 10.1. The zero-order chi connectivity index (χ0) is 23.5. The molecule has 3 aromatic rings. The van der Waals surface area contributed by atoms with E-state index in [4.69, 9.17) is 4.74 Å². The first-order chi connectivity index (χ1) is 15.9. The first-order valence-corrected chi connectivity index (χ1v) is 10.1. The second-order valence-corrected chi connectivity index (χ2v) is 7.39. The minimum absolute atomic E-state index is 0.0227. The van der Waals surface area contributed by atoms with Crippen molar-refractivity contribution in [2.45, 2.75) is 6.92 Å². The molecule has 0 aliphatic carbocycles. The van der Waals surface area contributed by atoms with Crippen molar-refractivity contribution in [2.24, 2.45) is 0 Å². The van der Waals surface area contributed by atoms with Gasteiger partial charge in [-0.3, -0.25) is 14.4 Å². The van der Waals surface area contributed by atoms with Gasteiger partial charge in [0.1, 0.15) is 0 Å². The number of phenols is 1. The molecule has 8 heteroatoms. The number of phenolic OH excluding ortho intramolecular Hbond substituents is 1. The fourth-order valence-corrected chi connectivity index (χ4v) is 3.49. The van der Waals surface area contributed by atoms with Gasteiger partial charge in [0.2, 0.25) is 5.91 Å². The molecule has 0 spiro atoms. The lowest BCUT2D eigenvalue weighted by atomic mass is 9.99. The van der Waals surface area contributed by atoms with E-state index in [1.54, 1.807) is 60.8 Å². The average molecular weight is 443 g/mol. The number of fused-ring (bicyclic) bond motifs is 1. The molecule has 4 N–H and O–H groups in total. The molecule has 1 heterocycles. The Morgan fingerprint density at radius 1 is 0.970 bits per heavy atom. The Morgan fingerprint density at radius 3 is 2.33 bits per heavy atom. The van der Waals surface area contributed by atoms with E-state index in [0.717, 1.165) is 0 Å². The number of anilines is 3. The van der Waals surface area contributed by atoms with Crippen LogP contribution in [0.15, 0.2) is 66.9 Å². The normalized spacial score (nSPS) is 13.3. The second-order valence-electron chi connectivity index (χ2n) is 7.39. The van der Waals surface area contributed by atoms with Gasteiger partial charge < -0.3 is 25.8 Å². The Hall–Kier alpha value is -4.59. The molecule has 0 unspecified atom stereocenters. The summed E-state index contributed by atoms with van der Waals surface area (Å²) in [6.07, 6.45) is 1.55. The maximum atomic E-state index is 12.9. The Bertz CT molecular complexity index is 1300.